The van der Waals surface area contributed by atoms with Gasteiger partial charge in [-0.05, 0) is 32.4 Å². The first-order valence-corrected chi connectivity index (χ1v) is 6.95. The van der Waals surface area contributed by atoms with Gasteiger partial charge in [0.15, 0.2) is 0 Å². The SMILES string of the molecule is CN(Cc1cnc(Cl)cn1)C1CCCCC1CN. The predicted octanol–water partition coefficient (Wildman–Crippen LogP) is 2.08. The van der Waals surface area contributed by atoms with E-state index >= 15 is 0 Å². The molecule has 1 saturated carbocycles. The maximum Gasteiger partial charge on any atom is 0.147 e. The Balaban J connectivity index is 1.97. The molecule has 1 aromatic heterocycles. The maximum absolute atomic E-state index is 5.87. The van der Waals surface area contributed by atoms with Crippen molar-refractivity contribution in [2.75, 3.05) is 13.6 Å². The molecule has 100 valence electrons. The second kappa shape index (κ2) is 6.45. The van der Waals surface area contributed by atoms with E-state index in [9.17, 15) is 0 Å². The molecule has 0 saturated heterocycles. The van der Waals surface area contributed by atoms with Crippen molar-refractivity contribution in [3.05, 3.63) is 23.2 Å². The van der Waals surface area contributed by atoms with Crippen LogP contribution in [0, 0.1) is 5.92 Å². The van der Waals surface area contributed by atoms with Gasteiger partial charge in [0, 0.05) is 12.6 Å². The highest BCUT2D eigenvalue weighted by Gasteiger charge is 2.27. The summed E-state index contributed by atoms with van der Waals surface area (Å²) in [5.74, 6) is 0.615. The zero-order chi connectivity index (χ0) is 13.0. The van der Waals surface area contributed by atoms with Crippen LogP contribution in [-0.2, 0) is 6.54 Å². The van der Waals surface area contributed by atoms with Gasteiger partial charge in [0.05, 0.1) is 18.1 Å². The summed E-state index contributed by atoms with van der Waals surface area (Å²) in [6, 6.07) is 0.571. The highest BCUT2D eigenvalue weighted by molar-refractivity contribution is 6.29. The van der Waals surface area contributed by atoms with E-state index in [1.165, 1.54) is 25.7 Å². The minimum Gasteiger partial charge on any atom is -0.330 e. The van der Waals surface area contributed by atoms with Crippen molar-refractivity contribution in [3.8, 4) is 0 Å². The quantitative estimate of drug-likeness (QED) is 0.908. The number of halogens is 1. The molecule has 1 aromatic rings. The van der Waals surface area contributed by atoms with Crippen LogP contribution in [0.15, 0.2) is 12.4 Å². The first kappa shape index (κ1) is 13.7. The normalized spacial score (nSPS) is 24.4. The standard InChI is InChI=1S/C13H21ClN4/c1-18(9-11-7-17-13(14)8-16-11)12-5-3-2-4-10(12)6-15/h7-8,10,12H,2-6,9,15H2,1H3. The van der Waals surface area contributed by atoms with Crippen LogP contribution in [0.25, 0.3) is 0 Å². The van der Waals surface area contributed by atoms with Gasteiger partial charge in [-0.1, -0.05) is 24.4 Å². The van der Waals surface area contributed by atoms with Crippen molar-refractivity contribution in [2.45, 2.75) is 38.3 Å². The van der Waals surface area contributed by atoms with E-state index in [1.54, 1.807) is 12.4 Å². The summed E-state index contributed by atoms with van der Waals surface area (Å²) in [6.45, 7) is 1.59. The molecule has 1 heterocycles. The molecule has 0 amide bonds. The van der Waals surface area contributed by atoms with Gasteiger partial charge < -0.3 is 5.73 Å². The molecule has 2 rings (SSSR count). The van der Waals surface area contributed by atoms with Crippen LogP contribution < -0.4 is 5.73 Å². The minimum absolute atomic E-state index is 0.443. The van der Waals surface area contributed by atoms with Crippen molar-refractivity contribution >= 4 is 11.6 Å². The third-order valence-electron chi connectivity index (χ3n) is 3.82. The van der Waals surface area contributed by atoms with Crippen molar-refractivity contribution in [1.82, 2.24) is 14.9 Å². The summed E-state index contributed by atoms with van der Waals surface area (Å²) in [7, 11) is 2.15. The summed E-state index contributed by atoms with van der Waals surface area (Å²) in [5, 5.41) is 0.443. The van der Waals surface area contributed by atoms with E-state index in [0.717, 1.165) is 18.8 Å². The average molecular weight is 269 g/mol. The Kier molecular flexibility index (Phi) is 4.92. The Morgan fingerprint density at radius 1 is 1.33 bits per heavy atom. The van der Waals surface area contributed by atoms with Crippen molar-refractivity contribution in [1.29, 1.82) is 0 Å². The van der Waals surface area contributed by atoms with Crippen LogP contribution in [0.2, 0.25) is 5.15 Å². The van der Waals surface area contributed by atoms with Crippen molar-refractivity contribution in [2.24, 2.45) is 11.7 Å². The molecule has 18 heavy (non-hydrogen) atoms. The molecule has 0 bridgehead atoms. The molecule has 0 radical (unpaired) electrons. The first-order chi connectivity index (χ1) is 8.70. The molecular weight excluding hydrogens is 248 g/mol. The van der Waals surface area contributed by atoms with Gasteiger partial charge in [-0.25, -0.2) is 4.98 Å². The maximum atomic E-state index is 5.87. The van der Waals surface area contributed by atoms with Gasteiger partial charge in [-0.15, -0.1) is 0 Å². The Morgan fingerprint density at radius 3 is 2.78 bits per heavy atom. The van der Waals surface area contributed by atoms with Crippen LogP contribution in [-0.4, -0.2) is 34.5 Å². The van der Waals surface area contributed by atoms with E-state index < -0.39 is 0 Å². The van der Waals surface area contributed by atoms with Crippen LogP contribution in [0.1, 0.15) is 31.4 Å². The molecular formula is C13H21ClN4. The Labute approximate surface area is 114 Å². The fourth-order valence-electron chi connectivity index (χ4n) is 2.84. The fourth-order valence-corrected chi connectivity index (χ4v) is 2.93. The second-order valence-electron chi connectivity index (χ2n) is 5.09. The molecule has 1 aliphatic carbocycles. The van der Waals surface area contributed by atoms with Crippen LogP contribution in [0.4, 0.5) is 0 Å². The summed E-state index contributed by atoms with van der Waals surface area (Å²) >= 11 is 5.74. The topological polar surface area (TPSA) is 55.0 Å². The first-order valence-electron chi connectivity index (χ1n) is 6.57. The lowest BCUT2D eigenvalue weighted by molar-refractivity contribution is 0.126. The van der Waals surface area contributed by atoms with E-state index in [2.05, 4.69) is 21.9 Å². The summed E-state index contributed by atoms with van der Waals surface area (Å²) in [6.07, 6.45) is 8.45. The Bertz CT molecular complexity index is 368. The molecule has 1 aliphatic rings. The van der Waals surface area contributed by atoms with E-state index in [0.29, 0.717) is 17.1 Å². The Morgan fingerprint density at radius 2 is 2.11 bits per heavy atom. The lowest BCUT2D eigenvalue weighted by atomic mass is 9.83. The van der Waals surface area contributed by atoms with Gasteiger partial charge in [-0.3, -0.25) is 9.88 Å². The third-order valence-corrected chi connectivity index (χ3v) is 4.02. The molecule has 0 aliphatic heterocycles. The molecule has 0 aromatic carbocycles. The zero-order valence-corrected chi connectivity index (χ0v) is 11.6. The summed E-state index contributed by atoms with van der Waals surface area (Å²) < 4.78 is 0. The minimum atomic E-state index is 0.443. The molecule has 2 unspecified atom stereocenters. The van der Waals surface area contributed by atoms with Gasteiger partial charge in [0.25, 0.3) is 0 Å². The van der Waals surface area contributed by atoms with Crippen molar-refractivity contribution < 1.29 is 0 Å². The van der Waals surface area contributed by atoms with E-state index in [4.69, 9.17) is 17.3 Å². The molecule has 1 fully saturated rings. The third kappa shape index (κ3) is 3.40. The summed E-state index contributed by atoms with van der Waals surface area (Å²) in [5.41, 5.74) is 6.83. The highest BCUT2D eigenvalue weighted by atomic mass is 35.5. The fraction of sp³-hybridized carbons (Fsp3) is 0.692. The number of hydrogen-bond acceptors (Lipinski definition) is 4. The zero-order valence-electron chi connectivity index (χ0n) is 10.8. The molecule has 5 heteroatoms. The van der Waals surface area contributed by atoms with E-state index in [1.807, 2.05) is 0 Å². The Hall–Kier alpha value is -0.710. The van der Waals surface area contributed by atoms with Gasteiger partial charge >= 0.3 is 0 Å². The van der Waals surface area contributed by atoms with E-state index in [-0.39, 0.29) is 0 Å². The van der Waals surface area contributed by atoms with Crippen molar-refractivity contribution in [3.63, 3.8) is 0 Å². The van der Waals surface area contributed by atoms with Crippen LogP contribution in [0.3, 0.4) is 0 Å². The molecule has 2 atom stereocenters. The monoisotopic (exact) mass is 268 g/mol. The number of hydrogen-bond donors (Lipinski definition) is 1. The molecule has 2 N–H and O–H groups in total. The van der Waals surface area contributed by atoms with Gasteiger partial charge in [-0.2, -0.15) is 0 Å². The lowest BCUT2D eigenvalue weighted by Crippen LogP contribution is -2.42. The smallest absolute Gasteiger partial charge is 0.147 e. The van der Waals surface area contributed by atoms with Crippen LogP contribution in [0.5, 0.6) is 0 Å². The molecule has 4 nitrogen and oxygen atoms in total. The van der Waals surface area contributed by atoms with Gasteiger partial charge in [0.2, 0.25) is 0 Å². The lowest BCUT2D eigenvalue weighted by Gasteiger charge is -2.37. The largest absolute Gasteiger partial charge is 0.330 e. The number of aromatic nitrogens is 2. The summed E-state index contributed by atoms with van der Waals surface area (Å²) in [4.78, 5) is 10.7. The van der Waals surface area contributed by atoms with Crippen LogP contribution >= 0.6 is 11.6 Å². The molecule has 0 spiro atoms. The number of rotatable bonds is 4. The number of nitrogens with zero attached hydrogens (tertiary/aromatic N) is 3. The number of nitrogens with two attached hydrogens (primary N) is 1. The average Bonchev–Trinajstić information content (AvgIpc) is 2.41. The highest BCUT2D eigenvalue weighted by Crippen LogP contribution is 2.27. The van der Waals surface area contributed by atoms with Gasteiger partial charge in [0.1, 0.15) is 5.15 Å². The second-order valence-corrected chi connectivity index (χ2v) is 5.48. The predicted molar refractivity (Wildman–Crippen MR) is 73.3 cm³/mol.